The molecule has 124 valence electrons. The average Bonchev–Trinajstić information content (AvgIpc) is 2.55. The molecule has 5 nitrogen and oxygen atoms in total. The molecule has 24 heavy (non-hydrogen) atoms. The van der Waals surface area contributed by atoms with Crippen LogP contribution >= 0.6 is 0 Å². The first-order valence-corrected chi connectivity index (χ1v) is 6.91. The molecule has 0 saturated heterocycles. The summed E-state index contributed by atoms with van der Waals surface area (Å²) in [6.07, 6.45) is 1.06. The summed E-state index contributed by atoms with van der Waals surface area (Å²) in [6, 6.07) is 7.72. The van der Waals surface area contributed by atoms with Crippen molar-refractivity contribution in [2.24, 2.45) is 5.10 Å². The van der Waals surface area contributed by atoms with Crippen molar-refractivity contribution in [3.63, 3.8) is 0 Å². The van der Waals surface area contributed by atoms with Crippen LogP contribution in [0.2, 0.25) is 0 Å². The second kappa shape index (κ2) is 6.99. The van der Waals surface area contributed by atoms with E-state index in [9.17, 15) is 18.4 Å². The third-order valence-corrected chi connectivity index (χ3v) is 3.33. The molecule has 2 aromatic rings. The third-order valence-electron chi connectivity index (χ3n) is 3.33. The summed E-state index contributed by atoms with van der Waals surface area (Å²) in [5, 5.41) is 13.4. The van der Waals surface area contributed by atoms with Gasteiger partial charge in [-0.15, -0.1) is 0 Å². The molecule has 0 aromatic heterocycles. The highest BCUT2D eigenvalue weighted by Gasteiger charge is 2.16. The van der Waals surface area contributed by atoms with Crippen LogP contribution in [0.3, 0.4) is 0 Å². The molecule has 0 aliphatic carbocycles. The fourth-order valence-corrected chi connectivity index (χ4v) is 1.95. The highest BCUT2D eigenvalue weighted by atomic mass is 19.1. The van der Waals surface area contributed by atoms with E-state index in [1.165, 1.54) is 38.2 Å². The number of hydrogen-bond acceptors (Lipinski definition) is 3. The Labute approximate surface area is 136 Å². The average molecular weight is 332 g/mol. The molecule has 0 atom stereocenters. The van der Waals surface area contributed by atoms with Crippen molar-refractivity contribution in [2.75, 3.05) is 7.05 Å². The molecule has 0 bridgehead atoms. The van der Waals surface area contributed by atoms with E-state index in [-0.39, 0.29) is 16.7 Å². The van der Waals surface area contributed by atoms with Gasteiger partial charge in [0, 0.05) is 12.6 Å². The van der Waals surface area contributed by atoms with Crippen LogP contribution < -0.4 is 0 Å². The van der Waals surface area contributed by atoms with Crippen LogP contribution in [-0.2, 0) is 0 Å². The lowest BCUT2D eigenvalue weighted by molar-refractivity contribution is 0.0695. The SMILES string of the molecule is Cc1cccc(C(=O)N(C)/N=C/c2ccc(C(=O)O)cc2F)c1F. The van der Waals surface area contributed by atoms with Crippen LogP contribution in [0.5, 0.6) is 0 Å². The van der Waals surface area contributed by atoms with E-state index in [2.05, 4.69) is 5.10 Å². The van der Waals surface area contributed by atoms with Crippen molar-refractivity contribution in [1.29, 1.82) is 0 Å². The Hall–Kier alpha value is -3.09. The smallest absolute Gasteiger partial charge is 0.335 e. The lowest BCUT2D eigenvalue weighted by Crippen LogP contribution is -2.22. The van der Waals surface area contributed by atoms with Gasteiger partial charge < -0.3 is 5.11 Å². The van der Waals surface area contributed by atoms with Gasteiger partial charge in [0.15, 0.2) is 0 Å². The summed E-state index contributed by atoms with van der Waals surface area (Å²) in [6.45, 7) is 1.54. The van der Waals surface area contributed by atoms with Crippen molar-refractivity contribution >= 4 is 18.1 Å². The number of carbonyl (C=O) groups is 2. The third kappa shape index (κ3) is 3.62. The van der Waals surface area contributed by atoms with Crippen molar-refractivity contribution in [3.05, 3.63) is 70.3 Å². The number of aromatic carboxylic acids is 1. The molecule has 2 rings (SSSR count). The molecule has 0 saturated carbocycles. The first-order chi connectivity index (χ1) is 11.3. The zero-order valence-corrected chi connectivity index (χ0v) is 13.0. The van der Waals surface area contributed by atoms with Crippen LogP contribution in [-0.4, -0.2) is 35.3 Å². The number of halogens is 2. The molecule has 2 aromatic carbocycles. The maximum atomic E-state index is 13.9. The Morgan fingerprint density at radius 3 is 2.54 bits per heavy atom. The zero-order valence-electron chi connectivity index (χ0n) is 13.0. The number of carboxylic acids is 1. The molecule has 0 heterocycles. The highest BCUT2D eigenvalue weighted by molar-refractivity contribution is 5.95. The number of carbonyl (C=O) groups excluding carboxylic acids is 1. The van der Waals surface area contributed by atoms with E-state index in [0.717, 1.165) is 17.3 Å². The molecule has 0 aliphatic heterocycles. The van der Waals surface area contributed by atoms with Gasteiger partial charge in [0.05, 0.1) is 17.3 Å². The van der Waals surface area contributed by atoms with E-state index in [0.29, 0.717) is 5.56 Å². The van der Waals surface area contributed by atoms with Crippen LogP contribution in [0, 0.1) is 18.6 Å². The lowest BCUT2D eigenvalue weighted by Gasteiger charge is -2.12. The van der Waals surface area contributed by atoms with E-state index in [4.69, 9.17) is 5.11 Å². The van der Waals surface area contributed by atoms with Crippen molar-refractivity contribution < 1.29 is 23.5 Å². The fourth-order valence-electron chi connectivity index (χ4n) is 1.95. The maximum absolute atomic E-state index is 13.9. The summed E-state index contributed by atoms with van der Waals surface area (Å²) in [4.78, 5) is 22.9. The second-order valence-electron chi connectivity index (χ2n) is 5.05. The summed E-state index contributed by atoms with van der Waals surface area (Å²) >= 11 is 0. The van der Waals surface area contributed by atoms with Gasteiger partial charge in [0.2, 0.25) is 0 Å². The number of rotatable bonds is 4. The number of benzene rings is 2. The number of amides is 1. The molecule has 0 aliphatic rings. The van der Waals surface area contributed by atoms with Gasteiger partial charge in [0.25, 0.3) is 5.91 Å². The van der Waals surface area contributed by atoms with E-state index in [1.54, 1.807) is 6.07 Å². The van der Waals surface area contributed by atoms with Gasteiger partial charge in [-0.2, -0.15) is 5.10 Å². The number of carboxylic acid groups (broad SMARTS) is 1. The van der Waals surface area contributed by atoms with E-state index < -0.39 is 23.5 Å². The van der Waals surface area contributed by atoms with Crippen LogP contribution in [0.15, 0.2) is 41.5 Å². The van der Waals surface area contributed by atoms with E-state index in [1.807, 2.05) is 0 Å². The molecule has 0 spiro atoms. The molecular weight excluding hydrogens is 318 g/mol. The van der Waals surface area contributed by atoms with Crippen molar-refractivity contribution in [1.82, 2.24) is 5.01 Å². The minimum Gasteiger partial charge on any atom is -0.478 e. The Morgan fingerprint density at radius 1 is 1.21 bits per heavy atom. The van der Waals surface area contributed by atoms with Crippen molar-refractivity contribution in [2.45, 2.75) is 6.92 Å². The van der Waals surface area contributed by atoms with Crippen LogP contribution in [0.1, 0.15) is 31.8 Å². The number of aryl methyl sites for hydroxylation is 1. The Bertz CT molecular complexity index is 835. The molecule has 0 fully saturated rings. The topological polar surface area (TPSA) is 70.0 Å². The van der Waals surface area contributed by atoms with Gasteiger partial charge in [-0.25, -0.2) is 18.6 Å². The monoisotopic (exact) mass is 332 g/mol. The minimum absolute atomic E-state index is 0.00404. The van der Waals surface area contributed by atoms with Gasteiger partial charge in [-0.3, -0.25) is 4.79 Å². The zero-order chi connectivity index (χ0) is 17.9. The predicted octanol–water partition coefficient (Wildman–Crippen LogP) is 3.08. The summed E-state index contributed by atoms with van der Waals surface area (Å²) in [7, 11) is 1.31. The normalized spacial score (nSPS) is 10.8. The Morgan fingerprint density at radius 2 is 1.92 bits per heavy atom. The Kier molecular flexibility index (Phi) is 5.03. The first-order valence-electron chi connectivity index (χ1n) is 6.91. The molecule has 0 unspecified atom stereocenters. The standard InChI is InChI=1S/C17H14F2N2O3/c1-10-4-3-5-13(15(10)19)16(22)21(2)20-9-12-7-6-11(17(23)24)8-14(12)18/h3-9H,1-2H3,(H,23,24)/b20-9+. The van der Waals surface area contributed by atoms with Gasteiger partial charge >= 0.3 is 5.97 Å². The van der Waals surface area contributed by atoms with Crippen LogP contribution in [0.4, 0.5) is 8.78 Å². The number of hydrogen-bond donors (Lipinski definition) is 1. The number of hydrazone groups is 1. The predicted molar refractivity (Wildman–Crippen MR) is 84.2 cm³/mol. The summed E-state index contributed by atoms with van der Waals surface area (Å²) in [5.41, 5.74) is -0.00911. The molecule has 0 radical (unpaired) electrons. The lowest BCUT2D eigenvalue weighted by atomic mass is 10.1. The van der Waals surface area contributed by atoms with E-state index >= 15 is 0 Å². The van der Waals surface area contributed by atoms with Crippen LogP contribution in [0.25, 0.3) is 0 Å². The summed E-state index contributed by atoms with van der Waals surface area (Å²) in [5.74, 6) is -3.36. The second-order valence-corrected chi connectivity index (χ2v) is 5.05. The fraction of sp³-hybridized carbons (Fsp3) is 0.118. The molecule has 1 amide bonds. The highest BCUT2D eigenvalue weighted by Crippen LogP contribution is 2.14. The first kappa shape index (κ1) is 17.3. The molecular formula is C17H14F2N2O3. The van der Waals surface area contributed by atoms with Crippen molar-refractivity contribution in [3.8, 4) is 0 Å². The quantitative estimate of drug-likeness (QED) is 0.691. The van der Waals surface area contributed by atoms with Gasteiger partial charge in [-0.05, 0) is 36.8 Å². The Balaban J connectivity index is 2.21. The summed E-state index contributed by atoms with van der Waals surface area (Å²) < 4.78 is 27.7. The van der Waals surface area contributed by atoms with Gasteiger partial charge in [0.1, 0.15) is 11.6 Å². The minimum atomic E-state index is -1.25. The van der Waals surface area contributed by atoms with Gasteiger partial charge in [-0.1, -0.05) is 12.1 Å². The molecule has 1 N–H and O–H groups in total. The number of nitrogens with zero attached hydrogens (tertiary/aromatic N) is 2. The largest absolute Gasteiger partial charge is 0.478 e. The maximum Gasteiger partial charge on any atom is 0.335 e. The molecule has 7 heteroatoms.